The SMILES string of the molecule is CCOc1ccccc1NC(=O)c1ccnc(C(=O)NCc2cccnc2)c1. The summed E-state index contributed by atoms with van der Waals surface area (Å²) in [5.74, 6) is -0.133. The standard InChI is InChI=1S/C21H20N4O3/c1-2-28-19-8-4-3-7-17(19)25-20(26)16-9-11-23-18(12-16)21(27)24-14-15-6-5-10-22-13-15/h3-13H,2,14H2,1H3,(H,24,27)(H,25,26). The van der Waals surface area contributed by atoms with Crippen LogP contribution in [0.2, 0.25) is 0 Å². The predicted molar refractivity (Wildman–Crippen MR) is 105 cm³/mol. The van der Waals surface area contributed by atoms with E-state index < -0.39 is 0 Å². The monoisotopic (exact) mass is 376 g/mol. The van der Waals surface area contributed by atoms with Crippen molar-refractivity contribution in [1.82, 2.24) is 15.3 Å². The van der Waals surface area contributed by atoms with Gasteiger partial charge < -0.3 is 15.4 Å². The lowest BCUT2D eigenvalue weighted by atomic mass is 10.2. The fourth-order valence-electron chi connectivity index (χ4n) is 2.52. The quantitative estimate of drug-likeness (QED) is 0.661. The number of aromatic nitrogens is 2. The molecular formula is C21H20N4O3. The Morgan fingerprint density at radius 1 is 1.04 bits per heavy atom. The van der Waals surface area contributed by atoms with Crippen molar-refractivity contribution in [3.05, 3.63) is 83.9 Å². The molecule has 0 unspecified atom stereocenters. The van der Waals surface area contributed by atoms with E-state index >= 15 is 0 Å². The normalized spacial score (nSPS) is 10.2. The van der Waals surface area contributed by atoms with Crippen molar-refractivity contribution in [2.24, 2.45) is 0 Å². The Labute approximate surface area is 162 Å². The van der Waals surface area contributed by atoms with Crippen LogP contribution < -0.4 is 15.4 Å². The number of carbonyl (C=O) groups is 2. The van der Waals surface area contributed by atoms with Crippen LogP contribution in [0.3, 0.4) is 0 Å². The number of pyridine rings is 2. The Morgan fingerprint density at radius 3 is 2.68 bits per heavy atom. The van der Waals surface area contributed by atoms with Crippen LogP contribution in [0.15, 0.2) is 67.1 Å². The first-order valence-corrected chi connectivity index (χ1v) is 8.83. The summed E-state index contributed by atoms with van der Waals surface area (Å²) in [6.45, 7) is 2.69. The molecule has 0 aliphatic carbocycles. The Morgan fingerprint density at radius 2 is 1.89 bits per heavy atom. The molecule has 2 heterocycles. The second kappa shape index (κ2) is 9.27. The van der Waals surface area contributed by atoms with Gasteiger partial charge >= 0.3 is 0 Å². The summed E-state index contributed by atoms with van der Waals surface area (Å²) in [4.78, 5) is 33.0. The molecule has 0 spiro atoms. The number of nitrogens with one attached hydrogen (secondary N) is 2. The lowest BCUT2D eigenvalue weighted by molar-refractivity contribution is 0.0946. The number of para-hydroxylation sites is 2. The Bertz CT molecular complexity index is 961. The van der Waals surface area contributed by atoms with Gasteiger partial charge in [0.2, 0.25) is 0 Å². The van der Waals surface area contributed by atoms with Crippen LogP contribution in [0.1, 0.15) is 33.3 Å². The highest BCUT2D eigenvalue weighted by molar-refractivity contribution is 6.06. The van der Waals surface area contributed by atoms with E-state index in [2.05, 4.69) is 20.6 Å². The highest BCUT2D eigenvalue weighted by Crippen LogP contribution is 2.24. The van der Waals surface area contributed by atoms with Crippen LogP contribution in [0.5, 0.6) is 5.75 Å². The maximum atomic E-state index is 12.6. The van der Waals surface area contributed by atoms with Gasteiger partial charge in [-0.3, -0.25) is 19.6 Å². The molecule has 0 aliphatic rings. The van der Waals surface area contributed by atoms with Crippen LogP contribution in [0.25, 0.3) is 0 Å². The van der Waals surface area contributed by atoms with E-state index in [1.54, 1.807) is 36.7 Å². The van der Waals surface area contributed by atoms with Crippen molar-refractivity contribution >= 4 is 17.5 Å². The minimum atomic E-state index is -0.367. The number of anilines is 1. The number of hydrogen-bond acceptors (Lipinski definition) is 5. The lowest BCUT2D eigenvalue weighted by Crippen LogP contribution is -2.24. The minimum Gasteiger partial charge on any atom is -0.492 e. The Hall–Kier alpha value is -3.74. The van der Waals surface area contributed by atoms with E-state index in [0.717, 1.165) is 5.56 Å². The number of carbonyl (C=O) groups excluding carboxylic acids is 2. The van der Waals surface area contributed by atoms with E-state index in [1.165, 1.54) is 12.3 Å². The molecule has 3 aromatic rings. The van der Waals surface area contributed by atoms with Crippen LogP contribution in [-0.4, -0.2) is 28.4 Å². The Balaban J connectivity index is 1.68. The second-order valence-electron chi connectivity index (χ2n) is 5.86. The molecule has 0 saturated carbocycles. The van der Waals surface area contributed by atoms with Gasteiger partial charge in [0.1, 0.15) is 11.4 Å². The summed E-state index contributed by atoms with van der Waals surface area (Å²) in [6, 6.07) is 13.8. The first-order chi connectivity index (χ1) is 13.7. The molecular weight excluding hydrogens is 356 g/mol. The zero-order valence-electron chi connectivity index (χ0n) is 15.4. The molecule has 2 N–H and O–H groups in total. The average Bonchev–Trinajstić information content (AvgIpc) is 2.74. The third-order valence-corrected chi connectivity index (χ3v) is 3.87. The van der Waals surface area contributed by atoms with Crippen molar-refractivity contribution in [1.29, 1.82) is 0 Å². The summed E-state index contributed by atoms with van der Waals surface area (Å²) in [7, 11) is 0. The maximum Gasteiger partial charge on any atom is 0.270 e. The van der Waals surface area contributed by atoms with Gasteiger partial charge in [-0.05, 0) is 42.8 Å². The zero-order valence-corrected chi connectivity index (χ0v) is 15.4. The van der Waals surface area contributed by atoms with Crippen molar-refractivity contribution in [2.45, 2.75) is 13.5 Å². The smallest absolute Gasteiger partial charge is 0.270 e. The molecule has 0 fully saturated rings. The number of ether oxygens (including phenoxy) is 1. The third-order valence-electron chi connectivity index (χ3n) is 3.87. The van der Waals surface area contributed by atoms with Crippen molar-refractivity contribution < 1.29 is 14.3 Å². The van der Waals surface area contributed by atoms with Gasteiger partial charge in [-0.1, -0.05) is 18.2 Å². The Kier molecular flexibility index (Phi) is 6.30. The molecule has 3 rings (SSSR count). The second-order valence-corrected chi connectivity index (χ2v) is 5.86. The zero-order chi connectivity index (χ0) is 19.8. The number of amides is 2. The highest BCUT2D eigenvalue weighted by Gasteiger charge is 2.13. The molecule has 0 saturated heterocycles. The molecule has 0 aliphatic heterocycles. The number of hydrogen-bond donors (Lipinski definition) is 2. The van der Waals surface area contributed by atoms with Crippen LogP contribution in [0, 0.1) is 0 Å². The number of nitrogens with zero attached hydrogens (tertiary/aromatic N) is 2. The van der Waals surface area contributed by atoms with Gasteiger partial charge in [0, 0.05) is 30.7 Å². The molecule has 0 atom stereocenters. The molecule has 142 valence electrons. The summed E-state index contributed by atoms with van der Waals surface area (Å²) >= 11 is 0. The van der Waals surface area contributed by atoms with E-state index in [-0.39, 0.29) is 17.5 Å². The number of rotatable bonds is 7. The fraction of sp³-hybridized carbons (Fsp3) is 0.143. The van der Waals surface area contributed by atoms with E-state index in [1.807, 2.05) is 25.1 Å². The van der Waals surface area contributed by atoms with Gasteiger partial charge in [-0.2, -0.15) is 0 Å². The van der Waals surface area contributed by atoms with Gasteiger partial charge in [-0.25, -0.2) is 0 Å². The molecule has 28 heavy (non-hydrogen) atoms. The summed E-state index contributed by atoms with van der Waals surface area (Å²) in [5.41, 5.74) is 1.92. The van der Waals surface area contributed by atoms with Gasteiger partial charge in [0.05, 0.1) is 12.3 Å². The average molecular weight is 376 g/mol. The van der Waals surface area contributed by atoms with Crippen molar-refractivity contribution in [3.63, 3.8) is 0 Å². The van der Waals surface area contributed by atoms with E-state index in [0.29, 0.717) is 30.2 Å². The van der Waals surface area contributed by atoms with Crippen molar-refractivity contribution in [2.75, 3.05) is 11.9 Å². The molecule has 2 aromatic heterocycles. The lowest BCUT2D eigenvalue weighted by Gasteiger charge is -2.11. The first kappa shape index (κ1) is 19.0. The molecule has 2 amide bonds. The van der Waals surface area contributed by atoms with Gasteiger partial charge in [-0.15, -0.1) is 0 Å². The molecule has 1 aromatic carbocycles. The van der Waals surface area contributed by atoms with E-state index in [4.69, 9.17) is 4.74 Å². The maximum absolute atomic E-state index is 12.6. The molecule has 0 radical (unpaired) electrons. The highest BCUT2D eigenvalue weighted by atomic mass is 16.5. The van der Waals surface area contributed by atoms with Crippen molar-refractivity contribution in [3.8, 4) is 5.75 Å². The molecule has 7 nitrogen and oxygen atoms in total. The fourth-order valence-corrected chi connectivity index (χ4v) is 2.52. The largest absolute Gasteiger partial charge is 0.492 e. The van der Waals surface area contributed by atoms with Gasteiger partial charge in [0.15, 0.2) is 0 Å². The van der Waals surface area contributed by atoms with Crippen LogP contribution in [-0.2, 0) is 6.54 Å². The summed E-state index contributed by atoms with van der Waals surface area (Å²) in [5, 5.41) is 5.57. The minimum absolute atomic E-state index is 0.162. The van der Waals surface area contributed by atoms with Crippen LogP contribution >= 0.6 is 0 Å². The van der Waals surface area contributed by atoms with E-state index in [9.17, 15) is 9.59 Å². The van der Waals surface area contributed by atoms with Gasteiger partial charge in [0.25, 0.3) is 11.8 Å². The first-order valence-electron chi connectivity index (χ1n) is 8.83. The third kappa shape index (κ3) is 4.91. The topological polar surface area (TPSA) is 93.2 Å². The predicted octanol–water partition coefficient (Wildman–Crippen LogP) is 3.06. The molecule has 7 heteroatoms. The summed E-state index contributed by atoms with van der Waals surface area (Å²) < 4.78 is 5.51. The summed E-state index contributed by atoms with van der Waals surface area (Å²) in [6.07, 6.45) is 4.77. The molecule has 0 bridgehead atoms. The van der Waals surface area contributed by atoms with Crippen LogP contribution in [0.4, 0.5) is 5.69 Å². The number of benzene rings is 1.